The second-order valence-electron chi connectivity index (χ2n) is 9.42. The first kappa shape index (κ1) is 24.9. The van der Waals surface area contributed by atoms with Gasteiger partial charge in [-0.2, -0.15) is 0 Å². The quantitative estimate of drug-likeness (QED) is 0.345. The Hall–Kier alpha value is -3.25. The van der Waals surface area contributed by atoms with E-state index in [9.17, 15) is 4.79 Å². The molecule has 1 aliphatic rings. The molecule has 3 aromatic rings. The number of hydrogen-bond donors (Lipinski definition) is 1. The summed E-state index contributed by atoms with van der Waals surface area (Å²) in [6.07, 6.45) is 4.70. The molecule has 1 atom stereocenters. The minimum absolute atomic E-state index is 0.0828. The van der Waals surface area contributed by atoms with Crippen LogP contribution in [0.4, 0.5) is 5.82 Å². The average Bonchev–Trinajstić information content (AvgIpc) is 2.86. The predicted molar refractivity (Wildman–Crippen MR) is 140 cm³/mol. The van der Waals surface area contributed by atoms with Gasteiger partial charge in [0.25, 0.3) is 0 Å². The number of carboxylic acid groups (broad SMARTS) is 1. The number of aromatic nitrogens is 2. The second kappa shape index (κ2) is 11.5. The Balaban J connectivity index is 1.68. The normalized spacial score (nSPS) is 15.2. The van der Waals surface area contributed by atoms with Gasteiger partial charge in [-0.3, -0.25) is 4.79 Å². The van der Waals surface area contributed by atoms with Crippen LogP contribution >= 0.6 is 0 Å². The zero-order valence-electron chi connectivity index (χ0n) is 21.0. The summed E-state index contributed by atoms with van der Waals surface area (Å²) in [7, 11) is 1.74. The Morgan fingerprint density at radius 1 is 0.914 bits per heavy atom. The Morgan fingerprint density at radius 3 is 2.06 bits per heavy atom. The monoisotopic (exact) mass is 473 g/mol. The number of unbranched alkanes of at least 4 members (excludes halogenated alkanes) is 3. The van der Waals surface area contributed by atoms with Crippen LogP contribution in [0.3, 0.4) is 0 Å². The summed E-state index contributed by atoms with van der Waals surface area (Å²) in [5.74, 6) is 0.184. The molecule has 0 unspecified atom stereocenters. The second-order valence-corrected chi connectivity index (χ2v) is 9.42. The Bertz CT molecular complexity index is 1140. The Kier molecular flexibility index (Phi) is 8.13. The summed E-state index contributed by atoms with van der Waals surface area (Å²) < 4.78 is 5.83. The van der Waals surface area contributed by atoms with Crippen LogP contribution in [0.25, 0.3) is 22.5 Å². The van der Waals surface area contributed by atoms with Crippen molar-refractivity contribution >= 4 is 11.8 Å². The number of aliphatic carboxylic acids is 1. The van der Waals surface area contributed by atoms with Crippen LogP contribution in [0.15, 0.2) is 48.5 Å². The van der Waals surface area contributed by atoms with Crippen LogP contribution in [0, 0.1) is 13.8 Å². The summed E-state index contributed by atoms with van der Waals surface area (Å²) in [6.45, 7) is 5.92. The lowest BCUT2D eigenvalue weighted by Gasteiger charge is -2.34. The molecule has 0 fully saturated rings. The topological polar surface area (TPSA) is 75.5 Å². The van der Waals surface area contributed by atoms with Gasteiger partial charge in [-0.05, 0) is 33.1 Å². The molecule has 0 saturated heterocycles. The van der Waals surface area contributed by atoms with Gasteiger partial charge in [0, 0.05) is 37.7 Å². The smallest absolute Gasteiger partial charge is 0.303 e. The molecule has 2 aromatic carbocycles. The molecule has 0 amide bonds. The van der Waals surface area contributed by atoms with Crippen molar-refractivity contribution in [2.45, 2.75) is 58.5 Å². The van der Waals surface area contributed by atoms with E-state index in [1.54, 1.807) is 7.11 Å². The number of fused-ring (bicyclic) bond motifs is 1. The first-order chi connectivity index (χ1) is 17.0. The number of carboxylic acids is 1. The van der Waals surface area contributed by atoms with E-state index >= 15 is 0 Å². The Morgan fingerprint density at radius 2 is 1.49 bits per heavy atom. The molecule has 1 N–H and O–H groups in total. The molecule has 0 saturated carbocycles. The number of nitrogens with zero attached hydrogens (tertiary/aromatic N) is 3. The fraction of sp³-hybridized carbons (Fsp3) is 0.414. The van der Waals surface area contributed by atoms with Gasteiger partial charge in [0.15, 0.2) is 5.82 Å². The summed E-state index contributed by atoms with van der Waals surface area (Å²) in [6, 6.07) is 16.9. The van der Waals surface area contributed by atoms with Gasteiger partial charge in [0.05, 0.1) is 11.4 Å². The van der Waals surface area contributed by atoms with E-state index in [1.807, 2.05) is 0 Å². The molecule has 4 rings (SSSR count). The third-order valence-electron chi connectivity index (χ3n) is 6.67. The zero-order valence-corrected chi connectivity index (χ0v) is 21.0. The van der Waals surface area contributed by atoms with Crippen LogP contribution in [-0.4, -0.2) is 41.2 Å². The van der Waals surface area contributed by atoms with Gasteiger partial charge >= 0.3 is 5.97 Å². The molecule has 6 nitrogen and oxygen atoms in total. The van der Waals surface area contributed by atoms with Gasteiger partial charge in [0.2, 0.25) is 0 Å². The Labute approximate surface area is 208 Å². The highest BCUT2D eigenvalue weighted by Crippen LogP contribution is 2.39. The van der Waals surface area contributed by atoms with Crippen molar-refractivity contribution in [3.8, 4) is 22.5 Å². The van der Waals surface area contributed by atoms with E-state index in [2.05, 4.69) is 67.3 Å². The molecule has 184 valence electrons. The highest BCUT2D eigenvalue weighted by atomic mass is 16.5. The zero-order chi connectivity index (χ0) is 24.8. The molecule has 0 spiro atoms. The van der Waals surface area contributed by atoms with E-state index < -0.39 is 5.97 Å². The maximum Gasteiger partial charge on any atom is 0.303 e. The summed E-state index contributed by atoms with van der Waals surface area (Å²) >= 11 is 0. The number of carbonyl (C=O) groups is 1. The molecule has 1 aromatic heterocycles. The minimum Gasteiger partial charge on any atom is -0.481 e. The lowest BCUT2D eigenvalue weighted by atomic mass is 10.00. The first-order valence-corrected chi connectivity index (χ1v) is 12.5. The van der Waals surface area contributed by atoms with E-state index in [0.717, 1.165) is 79.2 Å². The van der Waals surface area contributed by atoms with Crippen LogP contribution in [-0.2, 0) is 9.53 Å². The van der Waals surface area contributed by atoms with E-state index in [0.29, 0.717) is 0 Å². The van der Waals surface area contributed by atoms with Crippen LogP contribution in [0.5, 0.6) is 0 Å². The van der Waals surface area contributed by atoms with Gasteiger partial charge in [-0.1, -0.05) is 72.5 Å². The first-order valence-electron chi connectivity index (χ1n) is 12.5. The number of aryl methyl sites for hydroxylation is 2. The fourth-order valence-electron chi connectivity index (χ4n) is 4.61. The van der Waals surface area contributed by atoms with Gasteiger partial charge in [-0.25, -0.2) is 9.97 Å². The third-order valence-corrected chi connectivity index (χ3v) is 6.67. The maximum absolute atomic E-state index is 10.8. The van der Waals surface area contributed by atoms with Crippen molar-refractivity contribution in [3.63, 3.8) is 0 Å². The van der Waals surface area contributed by atoms with Crippen molar-refractivity contribution < 1.29 is 14.6 Å². The van der Waals surface area contributed by atoms with Crippen LogP contribution < -0.4 is 4.90 Å². The molecule has 0 aliphatic carbocycles. The molecular weight excluding hydrogens is 438 g/mol. The third kappa shape index (κ3) is 6.06. The molecule has 1 aliphatic heterocycles. The number of rotatable bonds is 10. The van der Waals surface area contributed by atoms with Crippen molar-refractivity contribution in [2.24, 2.45) is 0 Å². The van der Waals surface area contributed by atoms with Crippen molar-refractivity contribution in [1.82, 2.24) is 9.97 Å². The van der Waals surface area contributed by atoms with Gasteiger partial charge in [0.1, 0.15) is 11.8 Å². The molecule has 6 heteroatoms. The number of benzene rings is 2. The summed E-state index contributed by atoms with van der Waals surface area (Å²) in [5, 5.41) is 8.85. The van der Waals surface area contributed by atoms with Crippen LogP contribution in [0.1, 0.15) is 61.4 Å². The number of hydrogen-bond acceptors (Lipinski definition) is 5. The predicted octanol–water partition coefficient (Wildman–Crippen LogP) is 6.36. The maximum atomic E-state index is 10.8. The number of methoxy groups -OCH3 is 1. The molecule has 0 radical (unpaired) electrons. The number of ether oxygens (including phenoxy) is 1. The summed E-state index contributed by atoms with van der Waals surface area (Å²) in [4.78, 5) is 23.5. The van der Waals surface area contributed by atoms with Crippen molar-refractivity contribution in [2.75, 3.05) is 25.1 Å². The van der Waals surface area contributed by atoms with Crippen molar-refractivity contribution in [1.29, 1.82) is 0 Å². The average molecular weight is 474 g/mol. The van der Waals surface area contributed by atoms with E-state index in [-0.39, 0.29) is 12.5 Å². The van der Waals surface area contributed by atoms with Gasteiger partial charge < -0.3 is 14.7 Å². The lowest BCUT2D eigenvalue weighted by molar-refractivity contribution is -0.137. The highest BCUT2D eigenvalue weighted by Gasteiger charge is 2.30. The lowest BCUT2D eigenvalue weighted by Crippen LogP contribution is -2.34. The van der Waals surface area contributed by atoms with Crippen molar-refractivity contribution in [3.05, 3.63) is 65.4 Å². The highest BCUT2D eigenvalue weighted by molar-refractivity contribution is 5.80. The minimum atomic E-state index is -0.719. The SMILES string of the molecule is CO[C@@H]1CCN(CCCCCCC(=O)O)c2nc(-c3ccc(C)cc3)c(-c3ccc(C)cc3)nc21. The van der Waals surface area contributed by atoms with E-state index in [1.165, 1.54) is 11.1 Å². The van der Waals surface area contributed by atoms with E-state index in [4.69, 9.17) is 19.8 Å². The largest absolute Gasteiger partial charge is 0.481 e. The molecule has 0 bridgehead atoms. The fourth-order valence-corrected chi connectivity index (χ4v) is 4.61. The molecular formula is C29H35N3O3. The van der Waals surface area contributed by atoms with Gasteiger partial charge in [-0.15, -0.1) is 0 Å². The summed E-state index contributed by atoms with van der Waals surface area (Å²) in [5.41, 5.74) is 7.18. The number of anilines is 1. The molecule has 35 heavy (non-hydrogen) atoms. The molecule has 2 heterocycles. The van der Waals surface area contributed by atoms with Crippen LogP contribution in [0.2, 0.25) is 0 Å². The standard InChI is InChI=1S/C29H35N3O3/c1-20-9-13-22(14-10-20)26-27(23-15-11-21(2)12-16-23)31-29-28(30-26)24(35-3)17-19-32(29)18-7-5-4-6-8-25(33)34/h9-16,24H,4-8,17-19H2,1-3H3,(H,33,34)/t24-/m1/s1.